The number of hydrogen-bond donors (Lipinski definition) is 0. The molecule has 0 spiro atoms. The number of carbonyl (C=O) groups is 2. The van der Waals surface area contributed by atoms with Crippen LogP contribution >= 0.6 is 11.3 Å². The zero-order valence-corrected chi connectivity index (χ0v) is 19.7. The largest absolute Gasteiger partial charge is 0.491 e. The van der Waals surface area contributed by atoms with Crippen molar-refractivity contribution in [2.24, 2.45) is 0 Å². The summed E-state index contributed by atoms with van der Waals surface area (Å²) in [6.07, 6.45) is 1.35. The Kier molecular flexibility index (Phi) is 7.57. The number of nitrogens with zero attached hydrogens (tertiary/aromatic N) is 2. The number of carbonyl (C=O) groups excluding carboxylic acids is 2. The molecule has 2 aromatic carbocycles. The van der Waals surface area contributed by atoms with Crippen LogP contribution in [0.1, 0.15) is 40.2 Å². The van der Waals surface area contributed by atoms with E-state index in [4.69, 9.17) is 4.74 Å². The maximum absolute atomic E-state index is 14.2. The van der Waals surface area contributed by atoms with E-state index in [1.165, 1.54) is 40.1 Å². The van der Waals surface area contributed by atoms with E-state index in [-0.39, 0.29) is 30.7 Å². The van der Waals surface area contributed by atoms with Crippen LogP contribution < -0.4 is 4.74 Å². The Balaban J connectivity index is 1.53. The van der Waals surface area contributed by atoms with E-state index in [0.717, 1.165) is 5.56 Å². The molecule has 0 saturated carbocycles. The molecule has 0 fully saturated rings. The van der Waals surface area contributed by atoms with Crippen LogP contribution in [0.4, 0.5) is 8.78 Å². The summed E-state index contributed by atoms with van der Waals surface area (Å²) in [6.45, 7) is 2.73. The molecule has 2 heterocycles. The summed E-state index contributed by atoms with van der Waals surface area (Å²) in [6, 6.07) is 13.3. The second-order valence-electron chi connectivity index (χ2n) is 8.13. The zero-order valence-electron chi connectivity index (χ0n) is 18.9. The van der Waals surface area contributed by atoms with Gasteiger partial charge in [0, 0.05) is 24.0 Å². The minimum atomic E-state index is -0.608. The monoisotopic (exact) mass is 484 g/mol. The molecule has 0 aliphatic carbocycles. The van der Waals surface area contributed by atoms with E-state index < -0.39 is 17.5 Å². The molecule has 0 bridgehead atoms. The molecule has 178 valence electrons. The molecule has 5 nitrogen and oxygen atoms in total. The van der Waals surface area contributed by atoms with Crippen LogP contribution in [0.25, 0.3) is 0 Å². The summed E-state index contributed by atoms with van der Waals surface area (Å²) in [5, 5.41) is 1.99. The number of halogens is 2. The van der Waals surface area contributed by atoms with Crippen molar-refractivity contribution >= 4 is 23.2 Å². The van der Waals surface area contributed by atoms with E-state index in [2.05, 4.69) is 0 Å². The molecule has 1 aliphatic heterocycles. The van der Waals surface area contributed by atoms with Crippen molar-refractivity contribution in [1.82, 2.24) is 9.80 Å². The van der Waals surface area contributed by atoms with Gasteiger partial charge in [0.25, 0.3) is 5.91 Å². The Labute approximate surface area is 201 Å². The second-order valence-corrected chi connectivity index (χ2v) is 9.13. The fraction of sp³-hybridized carbons (Fsp3) is 0.308. The van der Waals surface area contributed by atoms with Crippen LogP contribution in [0.2, 0.25) is 0 Å². The van der Waals surface area contributed by atoms with Crippen molar-refractivity contribution in [3.63, 3.8) is 0 Å². The van der Waals surface area contributed by atoms with E-state index in [9.17, 15) is 18.4 Å². The minimum absolute atomic E-state index is 0.0477. The van der Waals surface area contributed by atoms with Crippen LogP contribution in [0.5, 0.6) is 5.75 Å². The fourth-order valence-electron chi connectivity index (χ4n) is 4.19. The Morgan fingerprint density at radius 3 is 2.74 bits per heavy atom. The van der Waals surface area contributed by atoms with Gasteiger partial charge in [0.15, 0.2) is 0 Å². The molecule has 1 atom stereocenters. The summed E-state index contributed by atoms with van der Waals surface area (Å²) in [5.74, 6) is -1.36. The first kappa shape index (κ1) is 23.9. The van der Waals surface area contributed by atoms with Crippen LogP contribution in [-0.4, -0.2) is 47.9 Å². The highest BCUT2D eigenvalue weighted by atomic mass is 32.1. The van der Waals surface area contributed by atoms with Gasteiger partial charge in [-0.05, 0) is 54.1 Å². The van der Waals surface area contributed by atoms with E-state index in [1.807, 2.05) is 18.4 Å². The first-order chi connectivity index (χ1) is 16.5. The predicted octanol–water partition coefficient (Wildman–Crippen LogP) is 5.08. The summed E-state index contributed by atoms with van der Waals surface area (Å²) in [4.78, 5) is 30.7. The molecular weight excluding hydrogens is 458 g/mol. The Morgan fingerprint density at radius 2 is 1.97 bits per heavy atom. The van der Waals surface area contributed by atoms with Gasteiger partial charge in [-0.2, -0.15) is 0 Å². The minimum Gasteiger partial charge on any atom is -0.491 e. The summed E-state index contributed by atoms with van der Waals surface area (Å²) in [5.41, 5.74) is 0.956. The second kappa shape index (κ2) is 10.8. The van der Waals surface area contributed by atoms with Gasteiger partial charge >= 0.3 is 0 Å². The van der Waals surface area contributed by atoms with Gasteiger partial charge in [-0.25, -0.2) is 8.78 Å². The number of ether oxygens (including phenoxy) is 1. The van der Waals surface area contributed by atoms with E-state index in [0.29, 0.717) is 31.7 Å². The molecule has 0 N–H and O–H groups in total. The van der Waals surface area contributed by atoms with E-state index in [1.54, 1.807) is 34.4 Å². The van der Waals surface area contributed by atoms with Gasteiger partial charge in [0.05, 0.1) is 11.6 Å². The van der Waals surface area contributed by atoms with Gasteiger partial charge in [0.1, 0.15) is 30.5 Å². The third-order valence-corrected chi connectivity index (χ3v) is 6.83. The normalized spacial score (nSPS) is 15.0. The highest BCUT2D eigenvalue weighted by molar-refractivity contribution is 7.10. The lowest BCUT2D eigenvalue weighted by atomic mass is 10.0. The maximum atomic E-state index is 14.2. The topological polar surface area (TPSA) is 49.9 Å². The molecule has 2 amide bonds. The van der Waals surface area contributed by atoms with Crippen molar-refractivity contribution in [2.75, 3.05) is 26.2 Å². The molecule has 1 aliphatic rings. The highest BCUT2D eigenvalue weighted by Crippen LogP contribution is 2.34. The van der Waals surface area contributed by atoms with Crippen LogP contribution in [0, 0.1) is 11.6 Å². The number of amides is 2. The van der Waals surface area contributed by atoms with Crippen molar-refractivity contribution in [3.8, 4) is 5.75 Å². The van der Waals surface area contributed by atoms with Gasteiger partial charge in [-0.1, -0.05) is 25.1 Å². The number of hydrogen-bond acceptors (Lipinski definition) is 4. The highest BCUT2D eigenvalue weighted by Gasteiger charge is 2.33. The van der Waals surface area contributed by atoms with Crippen molar-refractivity contribution in [1.29, 1.82) is 0 Å². The molecule has 3 aromatic rings. The van der Waals surface area contributed by atoms with Crippen LogP contribution in [-0.2, 0) is 11.2 Å². The Bertz CT molecular complexity index is 1170. The third-order valence-electron chi connectivity index (χ3n) is 5.83. The average Bonchev–Trinajstić information content (AvgIpc) is 3.31. The van der Waals surface area contributed by atoms with E-state index >= 15 is 0 Å². The summed E-state index contributed by atoms with van der Waals surface area (Å²) < 4.78 is 33.7. The standard InChI is InChI=1S/C26H26F2N2O3S/c1-2-12-29(26(32)20-8-3-4-9-22(20)28)16-25(31)30-13-10-24-21(11-14-34-24)23(30)17-33-19-7-5-6-18(27)15-19/h3-9,11,14-15,23H,2,10,12-13,16-17H2,1H3/t23-/m0/s1. The zero-order chi connectivity index (χ0) is 24.1. The van der Waals surface area contributed by atoms with Crippen molar-refractivity contribution < 1.29 is 23.1 Å². The first-order valence-electron chi connectivity index (χ1n) is 11.3. The lowest BCUT2D eigenvalue weighted by molar-refractivity contribution is -0.135. The predicted molar refractivity (Wildman–Crippen MR) is 127 cm³/mol. The quantitative estimate of drug-likeness (QED) is 0.448. The molecule has 34 heavy (non-hydrogen) atoms. The molecule has 4 rings (SSSR count). The Hall–Kier alpha value is -3.26. The molecule has 0 radical (unpaired) electrons. The molecule has 0 saturated heterocycles. The van der Waals surface area contributed by atoms with Crippen LogP contribution in [0.3, 0.4) is 0 Å². The van der Waals surface area contributed by atoms with Crippen LogP contribution in [0.15, 0.2) is 60.0 Å². The van der Waals surface area contributed by atoms with Gasteiger partial charge < -0.3 is 14.5 Å². The average molecular weight is 485 g/mol. The van der Waals surface area contributed by atoms with Crippen molar-refractivity contribution in [3.05, 3.63) is 87.6 Å². The Morgan fingerprint density at radius 1 is 1.15 bits per heavy atom. The lowest BCUT2D eigenvalue weighted by Gasteiger charge is -2.37. The summed E-state index contributed by atoms with van der Waals surface area (Å²) in [7, 11) is 0. The van der Waals surface area contributed by atoms with Crippen molar-refractivity contribution in [2.45, 2.75) is 25.8 Å². The van der Waals surface area contributed by atoms with Gasteiger partial charge in [-0.3, -0.25) is 9.59 Å². The fourth-order valence-corrected chi connectivity index (χ4v) is 5.12. The summed E-state index contributed by atoms with van der Waals surface area (Å²) >= 11 is 1.63. The third kappa shape index (κ3) is 5.28. The number of thiophene rings is 1. The smallest absolute Gasteiger partial charge is 0.257 e. The molecular formula is C26H26F2N2O3S. The number of rotatable bonds is 8. The SMILES string of the molecule is CCCN(CC(=O)N1CCc2sccc2[C@@H]1COc1cccc(F)c1)C(=O)c1ccccc1F. The first-order valence-corrected chi connectivity index (χ1v) is 12.1. The molecule has 0 unspecified atom stereocenters. The molecule has 8 heteroatoms. The van der Waals surface area contributed by atoms with Gasteiger partial charge in [0.2, 0.25) is 5.91 Å². The van der Waals surface area contributed by atoms with Gasteiger partial charge in [-0.15, -0.1) is 11.3 Å². The number of fused-ring (bicyclic) bond motifs is 1. The molecule has 1 aromatic heterocycles. The number of benzene rings is 2. The maximum Gasteiger partial charge on any atom is 0.257 e. The lowest BCUT2D eigenvalue weighted by Crippen LogP contribution is -2.48.